The van der Waals surface area contributed by atoms with E-state index >= 15 is 0 Å². The molecule has 1 saturated carbocycles. The summed E-state index contributed by atoms with van der Waals surface area (Å²) in [6.07, 6.45) is 1.02. The average Bonchev–Trinajstić information content (AvgIpc) is 2.63. The number of sulfone groups is 1. The largest absolute Gasteiger partial charge is 0.465 e. The predicted molar refractivity (Wildman–Crippen MR) is 60.7 cm³/mol. The molecule has 0 aromatic carbocycles. The van der Waals surface area contributed by atoms with E-state index in [1.807, 2.05) is 0 Å². The molecule has 0 aromatic heterocycles. The van der Waals surface area contributed by atoms with Crippen LogP contribution in [0.2, 0.25) is 0 Å². The van der Waals surface area contributed by atoms with Crippen LogP contribution in [0.3, 0.4) is 0 Å². The third-order valence-corrected chi connectivity index (χ3v) is 5.32. The quantitative estimate of drug-likeness (QED) is 0.721. The highest BCUT2D eigenvalue weighted by Gasteiger charge is 2.46. The lowest BCUT2D eigenvalue weighted by atomic mass is 10.00. The molecule has 94 valence electrons. The molecule has 0 radical (unpaired) electrons. The highest BCUT2D eigenvalue weighted by atomic mass is 32.2. The van der Waals surface area contributed by atoms with E-state index < -0.39 is 26.6 Å². The van der Waals surface area contributed by atoms with Crippen LogP contribution in [-0.2, 0) is 19.4 Å². The first-order valence-electron chi connectivity index (χ1n) is 5.53. The molecular weight excluding hydrogens is 230 g/mol. The van der Waals surface area contributed by atoms with Gasteiger partial charge in [0.2, 0.25) is 0 Å². The summed E-state index contributed by atoms with van der Waals surface area (Å²) in [5, 5.41) is -0.494. The van der Waals surface area contributed by atoms with Crippen molar-refractivity contribution in [2.24, 2.45) is 5.73 Å². The minimum atomic E-state index is -3.11. The minimum absolute atomic E-state index is 0.0938. The number of hydrogen-bond acceptors (Lipinski definition) is 5. The first-order valence-corrected chi connectivity index (χ1v) is 7.25. The van der Waals surface area contributed by atoms with Crippen molar-refractivity contribution in [1.82, 2.24) is 0 Å². The first-order chi connectivity index (χ1) is 7.35. The number of carbonyl (C=O) groups is 1. The van der Waals surface area contributed by atoms with Gasteiger partial charge in [-0.25, -0.2) is 8.42 Å². The van der Waals surface area contributed by atoms with E-state index in [0.29, 0.717) is 12.8 Å². The van der Waals surface area contributed by atoms with Crippen molar-refractivity contribution in [2.45, 2.75) is 43.9 Å². The Kier molecular flexibility index (Phi) is 3.96. The highest BCUT2D eigenvalue weighted by molar-refractivity contribution is 7.92. The highest BCUT2D eigenvalue weighted by Crippen LogP contribution is 2.33. The fraction of sp³-hybridized carbons (Fsp3) is 0.900. The van der Waals surface area contributed by atoms with Gasteiger partial charge in [0.1, 0.15) is 5.54 Å². The number of ether oxygens (including phenoxy) is 1. The SMILES string of the molecule is CCOC(=O)[C@]1(N)CC[C@@H](S(=O)(=O)CC)C1. The fourth-order valence-electron chi connectivity index (χ4n) is 2.03. The standard InChI is InChI=1S/C10H19NO4S/c1-3-15-9(12)10(11)6-5-8(7-10)16(13,14)4-2/h8H,3-7,11H2,1-2H3/t8-,10+/m1/s1. The molecule has 0 aromatic rings. The zero-order chi connectivity index (χ0) is 12.4. The van der Waals surface area contributed by atoms with E-state index in [1.165, 1.54) is 0 Å². The molecule has 1 aliphatic carbocycles. The lowest BCUT2D eigenvalue weighted by molar-refractivity contribution is -0.149. The summed E-state index contributed by atoms with van der Waals surface area (Å²) in [6.45, 7) is 3.58. The summed E-state index contributed by atoms with van der Waals surface area (Å²) in [4.78, 5) is 11.6. The Morgan fingerprint density at radius 2 is 2.12 bits per heavy atom. The van der Waals surface area contributed by atoms with Crippen LogP contribution in [0.4, 0.5) is 0 Å². The molecule has 0 saturated heterocycles. The molecule has 5 nitrogen and oxygen atoms in total. The Hall–Kier alpha value is -0.620. The van der Waals surface area contributed by atoms with Crippen LogP contribution in [0.1, 0.15) is 33.1 Å². The molecule has 0 bridgehead atoms. The molecule has 16 heavy (non-hydrogen) atoms. The average molecular weight is 249 g/mol. The second kappa shape index (κ2) is 4.71. The van der Waals surface area contributed by atoms with Crippen LogP contribution in [0, 0.1) is 0 Å². The van der Waals surface area contributed by atoms with Crippen LogP contribution in [0.15, 0.2) is 0 Å². The van der Waals surface area contributed by atoms with Gasteiger partial charge in [-0.1, -0.05) is 6.92 Å². The van der Waals surface area contributed by atoms with Crippen molar-refractivity contribution in [3.8, 4) is 0 Å². The van der Waals surface area contributed by atoms with Crippen LogP contribution in [0.5, 0.6) is 0 Å². The maximum Gasteiger partial charge on any atom is 0.326 e. The lowest BCUT2D eigenvalue weighted by Gasteiger charge is -2.21. The van der Waals surface area contributed by atoms with Crippen molar-refractivity contribution >= 4 is 15.8 Å². The van der Waals surface area contributed by atoms with E-state index in [0.717, 1.165) is 0 Å². The number of esters is 1. The smallest absolute Gasteiger partial charge is 0.326 e. The van der Waals surface area contributed by atoms with E-state index in [2.05, 4.69) is 0 Å². The molecule has 0 heterocycles. The van der Waals surface area contributed by atoms with Gasteiger partial charge in [-0.2, -0.15) is 0 Å². The van der Waals surface area contributed by atoms with E-state index in [1.54, 1.807) is 13.8 Å². The zero-order valence-electron chi connectivity index (χ0n) is 9.73. The normalized spacial score (nSPS) is 30.3. The monoisotopic (exact) mass is 249 g/mol. The molecular formula is C10H19NO4S. The summed E-state index contributed by atoms with van der Waals surface area (Å²) < 4.78 is 28.2. The summed E-state index contributed by atoms with van der Waals surface area (Å²) in [5.41, 5.74) is 4.78. The van der Waals surface area contributed by atoms with Crippen molar-refractivity contribution in [3.05, 3.63) is 0 Å². The number of hydrogen-bond donors (Lipinski definition) is 1. The topological polar surface area (TPSA) is 86.5 Å². The van der Waals surface area contributed by atoms with Crippen molar-refractivity contribution in [3.63, 3.8) is 0 Å². The molecule has 0 amide bonds. The summed E-state index contributed by atoms with van der Waals surface area (Å²) in [5.74, 6) is -0.389. The Bertz CT molecular complexity index is 365. The van der Waals surface area contributed by atoms with E-state index in [4.69, 9.17) is 10.5 Å². The molecule has 0 aliphatic heterocycles. The van der Waals surface area contributed by atoms with Crippen molar-refractivity contribution in [2.75, 3.05) is 12.4 Å². The summed E-state index contributed by atoms with van der Waals surface area (Å²) in [7, 11) is -3.11. The zero-order valence-corrected chi connectivity index (χ0v) is 10.5. The van der Waals surface area contributed by atoms with Gasteiger partial charge in [-0.15, -0.1) is 0 Å². The van der Waals surface area contributed by atoms with Gasteiger partial charge in [0.25, 0.3) is 0 Å². The third-order valence-electron chi connectivity index (χ3n) is 3.10. The van der Waals surface area contributed by atoms with Gasteiger partial charge in [-0.3, -0.25) is 4.79 Å². The van der Waals surface area contributed by atoms with Gasteiger partial charge in [0.15, 0.2) is 9.84 Å². The first kappa shape index (κ1) is 13.4. The number of carbonyl (C=O) groups excluding carboxylic acids is 1. The second-order valence-corrected chi connectivity index (χ2v) is 6.76. The number of nitrogens with two attached hydrogens (primary N) is 1. The summed E-state index contributed by atoms with van der Waals surface area (Å²) >= 11 is 0. The van der Waals surface area contributed by atoms with Gasteiger partial charge in [0, 0.05) is 5.75 Å². The Labute approximate surface area is 96.3 Å². The minimum Gasteiger partial charge on any atom is -0.465 e. The molecule has 6 heteroatoms. The van der Waals surface area contributed by atoms with Gasteiger partial charge in [0.05, 0.1) is 11.9 Å². The Balaban J connectivity index is 2.75. The van der Waals surface area contributed by atoms with Crippen molar-refractivity contribution < 1.29 is 17.9 Å². The molecule has 1 fully saturated rings. The molecule has 0 spiro atoms. The van der Waals surface area contributed by atoms with Crippen LogP contribution in [-0.4, -0.2) is 37.5 Å². The van der Waals surface area contributed by atoms with Crippen LogP contribution >= 0.6 is 0 Å². The molecule has 2 atom stereocenters. The van der Waals surface area contributed by atoms with E-state index in [9.17, 15) is 13.2 Å². The number of rotatable bonds is 4. The van der Waals surface area contributed by atoms with Gasteiger partial charge < -0.3 is 10.5 Å². The van der Waals surface area contributed by atoms with Gasteiger partial charge >= 0.3 is 5.97 Å². The second-order valence-electron chi connectivity index (χ2n) is 4.19. The molecule has 2 N–H and O–H groups in total. The summed E-state index contributed by atoms with van der Waals surface area (Å²) in [6, 6.07) is 0. The maximum atomic E-state index is 11.7. The van der Waals surface area contributed by atoms with Crippen LogP contribution in [0.25, 0.3) is 0 Å². The molecule has 1 rings (SSSR count). The molecule has 1 aliphatic rings. The van der Waals surface area contributed by atoms with E-state index in [-0.39, 0.29) is 18.8 Å². The Morgan fingerprint density at radius 3 is 2.62 bits per heavy atom. The lowest BCUT2D eigenvalue weighted by Crippen LogP contribution is -2.47. The van der Waals surface area contributed by atoms with Crippen LogP contribution < -0.4 is 5.73 Å². The van der Waals surface area contributed by atoms with Gasteiger partial charge in [-0.05, 0) is 26.2 Å². The third kappa shape index (κ3) is 2.55. The Morgan fingerprint density at radius 1 is 1.50 bits per heavy atom. The maximum absolute atomic E-state index is 11.7. The van der Waals surface area contributed by atoms with Crippen molar-refractivity contribution in [1.29, 1.82) is 0 Å². The molecule has 0 unspecified atom stereocenters. The fourth-order valence-corrected chi connectivity index (χ4v) is 3.53. The predicted octanol–water partition coefficient (Wildman–Crippen LogP) is 0.234.